The van der Waals surface area contributed by atoms with Gasteiger partial charge in [0.1, 0.15) is 0 Å². The number of nitrogens with zero attached hydrogens (tertiary/aromatic N) is 1. The summed E-state index contributed by atoms with van der Waals surface area (Å²) in [6.07, 6.45) is 5.09. The highest BCUT2D eigenvalue weighted by Crippen LogP contribution is 2.53. The van der Waals surface area contributed by atoms with Gasteiger partial charge in [0.2, 0.25) is 0 Å². The van der Waals surface area contributed by atoms with Crippen LogP contribution in [0.25, 0.3) is 0 Å². The molecule has 4 atom stereocenters. The van der Waals surface area contributed by atoms with Crippen LogP contribution in [-0.4, -0.2) is 51.3 Å². The molecule has 1 amide bonds. The number of carbonyl (C=O) groups excluding carboxylic acids is 1. The lowest BCUT2D eigenvalue weighted by atomic mass is 9.69. The topological polar surface area (TPSA) is 72.9 Å². The average molecular weight is 363 g/mol. The number of ether oxygens (including phenoxy) is 1. The number of benzene rings is 1. The van der Waals surface area contributed by atoms with Crippen LogP contribution in [0.2, 0.25) is 0 Å². The Morgan fingerprint density at radius 2 is 2.04 bits per heavy atom. The van der Waals surface area contributed by atoms with E-state index in [2.05, 4.69) is 6.07 Å². The van der Waals surface area contributed by atoms with Crippen molar-refractivity contribution >= 4 is 16.0 Å². The third kappa shape index (κ3) is 2.45. The van der Waals surface area contributed by atoms with Crippen LogP contribution in [0.3, 0.4) is 0 Å². The molecule has 1 aromatic rings. The summed E-state index contributed by atoms with van der Waals surface area (Å²) in [6, 6.07) is 8.05. The fourth-order valence-corrected chi connectivity index (χ4v) is 5.19. The summed E-state index contributed by atoms with van der Waals surface area (Å²) in [5, 5.41) is 0. The predicted octanol–water partition coefficient (Wildman–Crippen LogP) is 1.22. The van der Waals surface area contributed by atoms with Crippen LogP contribution in [0.15, 0.2) is 36.4 Å². The molecule has 25 heavy (non-hydrogen) atoms. The van der Waals surface area contributed by atoms with E-state index >= 15 is 0 Å². The third-order valence-corrected chi connectivity index (χ3v) is 6.13. The lowest BCUT2D eigenvalue weighted by Crippen LogP contribution is -2.51. The number of methoxy groups -OCH3 is 1. The Morgan fingerprint density at radius 1 is 1.28 bits per heavy atom. The highest BCUT2D eigenvalue weighted by molar-refractivity contribution is 7.86. The molecule has 0 bridgehead atoms. The maximum atomic E-state index is 13.0. The van der Waals surface area contributed by atoms with E-state index in [0.29, 0.717) is 13.0 Å². The maximum absolute atomic E-state index is 13.0. The Hall–Kier alpha value is -1.70. The second kappa shape index (κ2) is 5.65. The molecular weight excluding hydrogens is 342 g/mol. The normalized spacial score (nSPS) is 33.8. The summed E-state index contributed by atoms with van der Waals surface area (Å²) in [5.74, 6) is -0.572. The van der Waals surface area contributed by atoms with Crippen molar-refractivity contribution in [3.05, 3.63) is 47.5 Å². The zero-order valence-electron chi connectivity index (χ0n) is 14.2. The second-order valence-corrected chi connectivity index (χ2v) is 8.52. The van der Waals surface area contributed by atoms with Crippen molar-refractivity contribution in [1.29, 1.82) is 0 Å². The molecule has 1 spiro atoms. The van der Waals surface area contributed by atoms with Gasteiger partial charge in [-0.25, -0.2) is 0 Å². The average Bonchev–Trinajstić information content (AvgIpc) is 2.82. The molecule has 1 saturated heterocycles. The van der Waals surface area contributed by atoms with Gasteiger partial charge in [0.25, 0.3) is 16.0 Å². The van der Waals surface area contributed by atoms with Crippen molar-refractivity contribution in [2.75, 3.05) is 19.9 Å². The monoisotopic (exact) mass is 363 g/mol. The van der Waals surface area contributed by atoms with Crippen molar-refractivity contribution in [2.45, 2.75) is 30.6 Å². The summed E-state index contributed by atoms with van der Waals surface area (Å²) in [5.41, 5.74) is 1.60. The molecule has 0 N–H and O–H groups in total. The summed E-state index contributed by atoms with van der Waals surface area (Å²) < 4.78 is 34.3. The molecule has 1 aliphatic carbocycles. The molecule has 134 valence electrons. The summed E-state index contributed by atoms with van der Waals surface area (Å²) in [4.78, 5) is 14.8. The maximum Gasteiger partial charge on any atom is 0.265 e. The molecule has 3 aliphatic rings. The smallest absolute Gasteiger partial charge is 0.265 e. The van der Waals surface area contributed by atoms with Gasteiger partial charge < -0.3 is 9.64 Å². The van der Waals surface area contributed by atoms with Crippen LogP contribution >= 0.6 is 0 Å². The van der Waals surface area contributed by atoms with Gasteiger partial charge in [-0.05, 0) is 24.0 Å². The SMILES string of the molecule is CO[C@H]1C=C[C@]23c4ccccc4CCN2C(=O)[C@H](OS(C)(=O)=O)[C@@H]3C1. The van der Waals surface area contributed by atoms with E-state index in [-0.39, 0.29) is 17.9 Å². The Balaban J connectivity index is 1.90. The van der Waals surface area contributed by atoms with Crippen LogP contribution in [0, 0.1) is 5.92 Å². The van der Waals surface area contributed by atoms with Crippen molar-refractivity contribution < 1.29 is 22.1 Å². The molecule has 1 fully saturated rings. The molecule has 0 unspecified atom stereocenters. The van der Waals surface area contributed by atoms with Gasteiger partial charge in [-0.3, -0.25) is 8.98 Å². The standard InChI is InChI=1S/C18H21NO5S/c1-23-13-7-9-18-14-6-4-3-5-12(14)8-10-19(18)17(20)16(15(18)11-13)24-25(2,21)22/h3-7,9,13,15-16H,8,10-11H2,1-2H3/t13-,15-,16+,18+/m0/s1. The summed E-state index contributed by atoms with van der Waals surface area (Å²) >= 11 is 0. The number of amides is 1. The molecule has 4 rings (SSSR count). The highest BCUT2D eigenvalue weighted by atomic mass is 32.2. The minimum atomic E-state index is -3.75. The van der Waals surface area contributed by atoms with Crippen LogP contribution < -0.4 is 0 Å². The third-order valence-electron chi connectivity index (χ3n) is 5.57. The zero-order valence-corrected chi connectivity index (χ0v) is 15.0. The lowest BCUT2D eigenvalue weighted by Gasteiger charge is -2.47. The molecule has 1 aromatic carbocycles. The Labute approximate surface area is 147 Å². The molecular formula is C18H21NO5S. The molecule has 0 aromatic heterocycles. The Bertz CT molecular complexity index is 849. The second-order valence-electron chi connectivity index (χ2n) is 6.92. The first-order valence-electron chi connectivity index (χ1n) is 8.37. The van der Waals surface area contributed by atoms with E-state index < -0.39 is 21.8 Å². The first-order valence-corrected chi connectivity index (χ1v) is 10.2. The van der Waals surface area contributed by atoms with Gasteiger partial charge in [0.05, 0.1) is 17.9 Å². The van der Waals surface area contributed by atoms with Crippen LogP contribution in [0.1, 0.15) is 17.5 Å². The first kappa shape index (κ1) is 16.8. The van der Waals surface area contributed by atoms with E-state index in [9.17, 15) is 13.2 Å². The van der Waals surface area contributed by atoms with E-state index in [1.54, 1.807) is 12.0 Å². The fourth-order valence-electron chi connectivity index (χ4n) is 4.60. The van der Waals surface area contributed by atoms with Crippen molar-refractivity contribution in [2.24, 2.45) is 5.92 Å². The molecule has 2 aliphatic heterocycles. The number of hydrogen-bond acceptors (Lipinski definition) is 5. The van der Waals surface area contributed by atoms with E-state index in [0.717, 1.165) is 18.2 Å². The molecule has 0 saturated carbocycles. The molecule has 7 heteroatoms. The van der Waals surface area contributed by atoms with E-state index in [1.807, 2.05) is 30.4 Å². The highest BCUT2D eigenvalue weighted by Gasteiger charge is 2.62. The van der Waals surface area contributed by atoms with Crippen LogP contribution in [-0.2, 0) is 35.8 Å². The minimum absolute atomic E-state index is 0.164. The van der Waals surface area contributed by atoms with Gasteiger partial charge >= 0.3 is 0 Å². The number of carbonyl (C=O) groups is 1. The number of fused-ring (bicyclic) bond motifs is 1. The minimum Gasteiger partial charge on any atom is -0.377 e. The van der Waals surface area contributed by atoms with E-state index in [4.69, 9.17) is 8.92 Å². The number of hydrogen-bond donors (Lipinski definition) is 0. The molecule has 0 radical (unpaired) electrons. The zero-order chi connectivity index (χ0) is 17.8. The number of rotatable bonds is 3. The van der Waals surface area contributed by atoms with Gasteiger partial charge in [0, 0.05) is 19.6 Å². The fraction of sp³-hybridized carbons (Fsp3) is 0.500. The van der Waals surface area contributed by atoms with Gasteiger partial charge in [0.15, 0.2) is 6.10 Å². The predicted molar refractivity (Wildman–Crippen MR) is 91.3 cm³/mol. The van der Waals surface area contributed by atoms with Gasteiger partial charge in [-0.15, -0.1) is 0 Å². The lowest BCUT2D eigenvalue weighted by molar-refractivity contribution is -0.135. The van der Waals surface area contributed by atoms with E-state index in [1.165, 1.54) is 5.56 Å². The Kier molecular flexibility index (Phi) is 3.79. The largest absolute Gasteiger partial charge is 0.377 e. The van der Waals surface area contributed by atoms with Crippen LogP contribution in [0.5, 0.6) is 0 Å². The molecule has 2 heterocycles. The molecule has 6 nitrogen and oxygen atoms in total. The Morgan fingerprint density at radius 3 is 2.76 bits per heavy atom. The summed E-state index contributed by atoms with van der Waals surface area (Å²) in [6.45, 7) is 0.554. The quantitative estimate of drug-likeness (QED) is 0.596. The van der Waals surface area contributed by atoms with Crippen molar-refractivity contribution in [1.82, 2.24) is 4.90 Å². The van der Waals surface area contributed by atoms with Crippen LogP contribution in [0.4, 0.5) is 0 Å². The summed E-state index contributed by atoms with van der Waals surface area (Å²) in [7, 11) is -2.14. The first-order chi connectivity index (χ1) is 11.9. The van der Waals surface area contributed by atoms with Crippen molar-refractivity contribution in [3.63, 3.8) is 0 Å². The van der Waals surface area contributed by atoms with Crippen molar-refractivity contribution in [3.8, 4) is 0 Å². The van der Waals surface area contributed by atoms with Gasteiger partial charge in [-0.1, -0.05) is 36.4 Å². The van der Waals surface area contributed by atoms with Gasteiger partial charge in [-0.2, -0.15) is 8.42 Å².